The molecule has 130 valence electrons. The van der Waals surface area contributed by atoms with Gasteiger partial charge in [0.2, 0.25) is 0 Å². The van der Waals surface area contributed by atoms with Crippen molar-refractivity contribution in [3.63, 3.8) is 0 Å². The van der Waals surface area contributed by atoms with Gasteiger partial charge in [-0.3, -0.25) is 9.78 Å². The van der Waals surface area contributed by atoms with Gasteiger partial charge in [0, 0.05) is 5.56 Å². The van der Waals surface area contributed by atoms with E-state index in [-0.39, 0.29) is 17.8 Å². The molecule has 4 nitrogen and oxygen atoms in total. The summed E-state index contributed by atoms with van der Waals surface area (Å²) in [5, 5.41) is 2.54. The summed E-state index contributed by atoms with van der Waals surface area (Å²) in [6, 6.07) is 11.8. The molecule has 1 aromatic heterocycles. The summed E-state index contributed by atoms with van der Waals surface area (Å²) in [4.78, 5) is 20.4. The normalized spacial score (nSPS) is 10.9. The second-order valence-electron chi connectivity index (χ2n) is 5.31. The lowest BCUT2D eigenvalue weighted by Crippen LogP contribution is -2.24. The van der Waals surface area contributed by atoms with Gasteiger partial charge >= 0.3 is 6.18 Å². The van der Waals surface area contributed by atoms with Gasteiger partial charge in [0.25, 0.3) is 5.91 Å². The predicted octanol–water partition coefficient (Wildman–Crippen LogP) is 3.43. The Bertz CT molecular complexity index is 1020. The number of halogens is 3. The molecule has 26 heavy (non-hydrogen) atoms. The Morgan fingerprint density at radius 3 is 2.62 bits per heavy atom. The van der Waals surface area contributed by atoms with Crippen molar-refractivity contribution in [3.05, 3.63) is 71.5 Å². The van der Waals surface area contributed by atoms with Crippen LogP contribution in [-0.2, 0) is 6.18 Å². The van der Waals surface area contributed by atoms with Gasteiger partial charge in [-0.2, -0.15) is 13.2 Å². The van der Waals surface area contributed by atoms with Crippen molar-refractivity contribution in [2.45, 2.75) is 6.18 Å². The van der Waals surface area contributed by atoms with Crippen molar-refractivity contribution in [3.8, 4) is 11.8 Å². The Morgan fingerprint density at radius 1 is 1.08 bits per heavy atom. The molecule has 0 atom stereocenters. The monoisotopic (exact) mass is 355 g/mol. The molecule has 0 aliphatic carbocycles. The van der Waals surface area contributed by atoms with Crippen LogP contribution in [0.4, 0.5) is 13.2 Å². The van der Waals surface area contributed by atoms with E-state index in [1.807, 2.05) is 6.07 Å². The molecule has 2 aromatic carbocycles. The first-order chi connectivity index (χ1) is 12.4. The van der Waals surface area contributed by atoms with Crippen LogP contribution >= 0.6 is 0 Å². The number of rotatable bonds is 2. The first-order valence-corrected chi connectivity index (χ1v) is 7.59. The molecule has 1 amide bonds. The van der Waals surface area contributed by atoms with E-state index in [0.29, 0.717) is 11.0 Å². The van der Waals surface area contributed by atoms with E-state index in [9.17, 15) is 18.0 Å². The summed E-state index contributed by atoms with van der Waals surface area (Å²) < 4.78 is 37.9. The van der Waals surface area contributed by atoms with E-state index in [1.165, 1.54) is 18.3 Å². The highest BCUT2D eigenvalue weighted by Gasteiger charge is 2.30. The van der Waals surface area contributed by atoms with Crippen molar-refractivity contribution in [2.24, 2.45) is 0 Å². The minimum absolute atomic E-state index is 0.0242. The molecule has 0 radical (unpaired) electrons. The van der Waals surface area contributed by atoms with Crippen molar-refractivity contribution < 1.29 is 18.0 Å². The molecule has 3 aromatic rings. The van der Waals surface area contributed by atoms with E-state index in [2.05, 4.69) is 27.1 Å². The van der Waals surface area contributed by atoms with Crippen LogP contribution in [0.25, 0.3) is 11.0 Å². The summed E-state index contributed by atoms with van der Waals surface area (Å²) in [6.45, 7) is -0.0242. The van der Waals surface area contributed by atoms with Crippen LogP contribution in [0, 0.1) is 11.8 Å². The number of fused-ring (bicyclic) bond motifs is 1. The van der Waals surface area contributed by atoms with Gasteiger partial charge in [0.05, 0.1) is 29.3 Å². The Labute approximate surface area is 147 Å². The third kappa shape index (κ3) is 4.16. The Morgan fingerprint density at radius 2 is 1.85 bits per heavy atom. The largest absolute Gasteiger partial charge is 0.416 e. The molecule has 3 rings (SSSR count). The lowest BCUT2D eigenvalue weighted by atomic mass is 10.1. The topological polar surface area (TPSA) is 54.9 Å². The second-order valence-corrected chi connectivity index (χ2v) is 5.31. The molecular formula is C19H12F3N3O. The fraction of sp³-hybridized carbons (Fsp3) is 0.105. The number of para-hydroxylation sites is 2. The fourth-order valence-electron chi connectivity index (χ4n) is 2.20. The first-order valence-electron chi connectivity index (χ1n) is 7.59. The lowest BCUT2D eigenvalue weighted by molar-refractivity contribution is -0.137. The van der Waals surface area contributed by atoms with Gasteiger partial charge in [0.15, 0.2) is 0 Å². The van der Waals surface area contributed by atoms with Gasteiger partial charge < -0.3 is 5.32 Å². The van der Waals surface area contributed by atoms with Crippen LogP contribution in [-0.4, -0.2) is 22.4 Å². The number of aromatic nitrogens is 2. The molecule has 0 bridgehead atoms. The number of hydrogen-bond acceptors (Lipinski definition) is 3. The highest BCUT2D eigenvalue weighted by molar-refractivity contribution is 5.93. The van der Waals surface area contributed by atoms with Crippen molar-refractivity contribution in [1.82, 2.24) is 15.3 Å². The Balaban J connectivity index is 1.64. The smallest absolute Gasteiger partial charge is 0.340 e. The van der Waals surface area contributed by atoms with E-state index in [4.69, 9.17) is 0 Å². The van der Waals surface area contributed by atoms with E-state index >= 15 is 0 Å². The fourth-order valence-corrected chi connectivity index (χ4v) is 2.20. The van der Waals surface area contributed by atoms with Gasteiger partial charge in [0.1, 0.15) is 5.69 Å². The summed E-state index contributed by atoms with van der Waals surface area (Å²) in [5.74, 6) is 4.76. The van der Waals surface area contributed by atoms with Crippen molar-refractivity contribution in [1.29, 1.82) is 0 Å². The maximum Gasteiger partial charge on any atom is 0.416 e. The molecule has 0 spiro atoms. The van der Waals surface area contributed by atoms with Crippen LogP contribution in [0.1, 0.15) is 21.6 Å². The minimum atomic E-state index is -4.42. The zero-order valence-electron chi connectivity index (χ0n) is 13.3. The van der Waals surface area contributed by atoms with Crippen LogP contribution < -0.4 is 5.32 Å². The maximum atomic E-state index is 12.6. The number of nitrogens with zero attached hydrogens (tertiary/aromatic N) is 2. The molecule has 0 fully saturated rings. The number of nitrogens with one attached hydrogen (secondary N) is 1. The number of carbonyl (C=O) groups excluding carboxylic acids is 1. The molecule has 1 heterocycles. The summed E-state index contributed by atoms with van der Waals surface area (Å²) in [6.07, 6.45) is -3.06. The Kier molecular flexibility index (Phi) is 4.85. The molecule has 7 heteroatoms. The highest BCUT2D eigenvalue weighted by Crippen LogP contribution is 2.29. The van der Waals surface area contributed by atoms with Crippen LogP contribution in [0.2, 0.25) is 0 Å². The van der Waals surface area contributed by atoms with E-state index < -0.39 is 17.6 Å². The molecule has 0 aliphatic rings. The van der Waals surface area contributed by atoms with E-state index in [0.717, 1.165) is 12.1 Å². The minimum Gasteiger partial charge on any atom is -0.340 e. The van der Waals surface area contributed by atoms with Crippen LogP contribution in [0.15, 0.2) is 54.7 Å². The van der Waals surface area contributed by atoms with Gasteiger partial charge in [-0.1, -0.05) is 30.0 Å². The quantitative estimate of drug-likeness (QED) is 0.717. The SMILES string of the molecule is O=C(NCC#Cc1cccc(C(F)(F)F)c1)c1cnc2ccccc2n1. The molecule has 0 saturated heterocycles. The number of amides is 1. The summed E-state index contributed by atoms with van der Waals surface area (Å²) >= 11 is 0. The standard InChI is InChI=1S/C19H12F3N3O/c20-19(21,22)14-7-3-5-13(11-14)6-4-10-23-18(26)17-12-24-15-8-1-2-9-16(15)25-17/h1-3,5,7-9,11-12H,10H2,(H,23,26). The first kappa shape index (κ1) is 17.4. The molecule has 0 saturated carbocycles. The Hall–Kier alpha value is -3.40. The highest BCUT2D eigenvalue weighted by atomic mass is 19.4. The van der Waals surface area contributed by atoms with Crippen LogP contribution in [0.3, 0.4) is 0 Å². The second kappa shape index (κ2) is 7.23. The van der Waals surface area contributed by atoms with Crippen LogP contribution in [0.5, 0.6) is 0 Å². The number of alkyl halides is 3. The maximum absolute atomic E-state index is 12.6. The molecule has 0 aliphatic heterocycles. The van der Waals surface area contributed by atoms with Gasteiger partial charge in [-0.25, -0.2) is 4.98 Å². The number of benzene rings is 2. The molecule has 1 N–H and O–H groups in total. The lowest BCUT2D eigenvalue weighted by Gasteiger charge is -2.05. The average molecular weight is 355 g/mol. The molecule has 0 unspecified atom stereocenters. The van der Waals surface area contributed by atoms with Gasteiger partial charge in [-0.05, 0) is 30.3 Å². The van der Waals surface area contributed by atoms with Crippen molar-refractivity contribution >= 4 is 16.9 Å². The third-order valence-corrected chi connectivity index (χ3v) is 3.44. The third-order valence-electron chi connectivity index (χ3n) is 3.44. The molecular weight excluding hydrogens is 343 g/mol. The summed E-state index contributed by atoms with van der Waals surface area (Å²) in [7, 11) is 0. The number of hydrogen-bond donors (Lipinski definition) is 1. The van der Waals surface area contributed by atoms with Crippen molar-refractivity contribution in [2.75, 3.05) is 6.54 Å². The summed E-state index contributed by atoms with van der Waals surface area (Å²) in [5.41, 5.74) is 0.868. The van der Waals surface area contributed by atoms with Gasteiger partial charge in [-0.15, -0.1) is 0 Å². The predicted molar refractivity (Wildman–Crippen MR) is 90.2 cm³/mol. The average Bonchev–Trinajstić information content (AvgIpc) is 2.64. The zero-order chi connectivity index (χ0) is 18.6. The number of carbonyl (C=O) groups is 1. The van der Waals surface area contributed by atoms with E-state index in [1.54, 1.807) is 18.2 Å². The zero-order valence-corrected chi connectivity index (χ0v) is 13.3.